The van der Waals surface area contributed by atoms with E-state index in [0.717, 1.165) is 0 Å². The van der Waals surface area contributed by atoms with Gasteiger partial charge < -0.3 is 10.6 Å². The lowest BCUT2D eigenvalue weighted by atomic mass is 10.3. The summed E-state index contributed by atoms with van der Waals surface area (Å²) in [7, 11) is 0. The van der Waals surface area contributed by atoms with Crippen molar-refractivity contribution in [2.24, 2.45) is 0 Å². The fourth-order valence-corrected chi connectivity index (χ4v) is 2.48. The highest BCUT2D eigenvalue weighted by Crippen LogP contribution is 2.30. The van der Waals surface area contributed by atoms with E-state index in [1.165, 1.54) is 24.5 Å². The Morgan fingerprint density at radius 3 is 2.24 bits per heavy atom. The molecule has 0 radical (unpaired) electrons. The topological polar surface area (TPSA) is 66.9 Å². The first-order valence-corrected chi connectivity index (χ1v) is 7.88. The second kappa shape index (κ2) is 7.46. The van der Waals surface area contributed by atoms with Gasteiger partial charge in [0.15, 0.2) is 0 Å². The third-order valence-electron chi connectivity index (χ3n) is 3.20. The van der Waals surface area contributed by atoms with E-state index in [-0.39, 0.29) is 11.5 Å². The third kappa shape index (κ3) is 4.23. The molecular formula is C17H11Cl2FN4O. The fraction of sp³-hybridized carbons (Fsp3) is 0. The average molecular weight is 377 g/mol. The lowest BCUT2D eigenvalue weighted by Gasteiger charge is -2.09. The molecule has 0 fully saturated rings. The minimum Gasteiger partial charge on any atom is -0.339 e. The summed E-state index contributed by atoms with van der Waals surface area (Å²) in [6.45, 7) is 0. The van der Waals surface area contributed by atoms with E-state index in [9.17, 15) is 9.18 Å². The van der Waals surface area contributed by atoms with Gasteiger partial charge in [0.05, 0.1) is 28.1 Å². The van der Waals surface area contributed by atoms with E-state index in [1.807, 2.05) is 0 Å². The van der Waals surface area contributed by atoms with Gasteiger partial charge in [-0.3, -0.25) is 4.79 Å². The zero-order chi connectivity index (χ0) is 17.8. The number of nitrogens with one attached hydrogen (secondary N) is 2. The standard InChI is InChI=1S/C17H11Cl2FN4O/c18-12-2-1-3-13(19)16(12)24-17(25)14-8-22-15(9-21-14)23-11-6-4-10(20)5-7-11/h1-9H,(H,22,23)(H,24,25). The number of para-hydroxylation sites is 1. The van der Waals surface area contributed by atoms with Crippen LogP contribution in [0.25, 0.3) is 0 Å². The van der Waals surface area contributed by atoms with Gasteiger partial charge in [-0.15, -0.1) is 0 Å². The predicted molar refractivity (Wildman–Crippen MR) is 96.1 cm³/mol. The Balaban J connectivity index is 1.71. The lowest BCUT2D eigenvalue weighted by Crippen LogP contribution is -2.15. The molecule has 8 heteroatoms. The van der Waals surface area contributed by atoms with Crippen molar-refractivity contribution >= 4 is 46.3 Å². The number of anilines is 3. The van der Waals surface area contributed by atoms with Crippen LogP contribution in [0.4, 0.5) is 21.6 Å². The van der Waals surface area contributed by atoms with Crippen LogP contribution in [0, 0.1) is 5.82 Å². The van der Waals surface area contributed by atoms with Crippen LogP contribution < -0.4 is 10.6 Å². The van der Waals surface area contributed by atoms with Crippen molar-refractivity contribution < 1.29 is 9.18 Å². The highest BCUT2D eigenvalue weighted by atomic mass is 35.5. The van der Waals surface area contributed by atoms with Crippen LogP contribution in [0.15, 0.2) is 54.9 Å². The summed E-state index contributed by atoms with van der Waals surface area (Å²) in [5.41, 5.74) is 1.06. The van der Waals surface area contributed by atoms with Crippen molar-refractivity contribution in [1.29, 1.82) is 0 Å². The molecule has 25 heavy (non-hydrogen) atoms. The highest BCUT2D eigenvalue weighted by molar-refractivity contribution is 6.39. The Morgan fingerprint density at radius 2 is 1.64 bits per heavy atom. The summed E-state index contributed by atoms with van der Waals surface area (Å²) in [4.78, 5) is 20.4. The molecule has 1 aromatic heterocycles. The maximum absolute atomic E-state index is 12.9. The molecule has 2 aromatic carbocycles. The number of aromatic nitrogens is 2. The number of benzene rings is 2. The van der Waals surface area contributed by atoms with E-state index < -0.39 is 5.91 Å². The minimum atomic E-state index is -0.490. The minimum absolute atomic E-state index is 0.0978. The SMILES string of the molecule is O=C(Nc1c(Cl)cccc1Cl)c1cnc(Nc2ccc(F)cc2)cn1. The first-order valence-electron chi connectivity index (χ1n) is 7.13. The molecule has 1 heterocycles. The molecular weight excluding hydrogens is 366 g/mol. The van der Waals surface area contributed by atoms with Crippen LogP contribution in [0.1, 0.15) is 10.5 Å². The molecule has 3 rings (SSSR count). The molecule has 0 aliphatic carbocycles. The first kappa shape index (κ1) is 17.1. The van der Waals surface area contributed by atoms with Crippen LogP contribution in [0.3, 0.4) is 0 Å². The van der Waals surface area contributed by atoms with E-state index >= 15 is 0 Å². The van der Waals surface area contributed by atoms with Crippen molar-refractivity contribution in [3.05, 3.63) is 76.4 Å². The van der Waals surface area contributed by atoms with E-state index in [0.29, 0.717) is 27.2 Å². The molecule has 0 bridgehead atoms. The van der Waals surface area contributed by atoms with Gasteiger partial charge in [0, 0.05) is 5.69 Å². The van der Waals surface area contributed by atoms with Crippen molar-refractivity contribution in [3.8, 4) is 0 Å². The molecule has 0 spiro atoms. The maximum atomic E-state index is 12.9. The van der Waals surface area contributed by atoms with Crippen molar-refractivity contribution in [3.63, 3.8) is 0 Å². The summed E-state index contributed by atoms with van der Waals surface area (Å²) in [6.07, 6.45) is 2.71. The molecule has 0 atom stereocenters. The Morgan fingerprint density at radius 1 is 0.960 bits per heavy atom. The maximum Gasteiger partial charge on any atom is 0.275 e. The van der Waals surface area contributed by atoms with E-state index in [2.05, 4.69) is 20.6 Å². The summed E-state index contributed by atoms with van der Waals surface area (Å²) >= 11 is 12.0. The quantitative estimate of drug-likeness (QED) is 0.678. The van der Waals surface area contributed by atoms with E-state index in [4.69, 9.17) is 23.2 Å². The Bertz CT molecular complexity index is 881. The van der Waals surface area contributed by atoms with Crippen LogP contribution in [0.2, 0.25) is 10.0 Å². The molecule has 0 saturated heterocycles. The Hall–Kier alpha value is -2.70. The molecule has 0 saturated carbocycles. The zero-order valence-electron chi connectivity index (χ0n) is 12.6. The van der Waals surface area contributed by atoms with Gasteiger partial charge >= 0.3 is 0 Å². The monoisotopic (exact) mass is 376 g/mol. The Kier molecular flexibility index (Phi) is 5.11. The van der Waals surface area contributed by atoms with Crippen molar-refractivity contribution in [2.45, 2.75) is 0 Å². The number of hydrogen-bond acceptors (Lipinski definition) is 4. The second-order valence-electron chi connectivity index (χ2n) is 4.97. The number of amides is 1. The molecule has 0 aliphatic heterocycles. The van der Waals surface area contributed by atoms with Gasteiger partial charge in [-0.25, -0.2) is 14.4 Å². The first-order chi connectivity index (χ1) is 12.0. The fourth-order valence-electron chi connectivity index (χ4n) is 1.99. The number of rotatable bonds is 4. The smallest absolute Gasteiger partial charge is 0.275 e. The predicted octanol–water partition coefficient (Wildman–Crippen LogP) is 4.92. The molecule has 126 valence electrons. The highest BCUT2D eigenvalue weighted by Gasteiger charge is 2.13. The number of halogens is 3. The van der Waals surface area contributed by atoms with Crippen LogP contribution in [-0.2, 0) is 0 Å². The number of carbonyl (C=O) groups is 1. The Labute approximate surface area is 152 Å². The lowest BCUT2D eigenvalue weighted by molar-refractivity contribution is 0.102. The number of nitrogens with zero attached hydrogens (tertiary/aromatic N) is 2. The van der Waals surface area contributed by atoms with Crippen molar-refractivity contribution in [2.75, 3.05) is 10.6 Å². The zero-order valence-corrected chi connectivity index (χ0v) is 14.1. The van der Waals surface area contributed by atoms with Gasteiger partial charge in [-0.05, 0) is 36.4 Å². The number of carbonyl (C=O) groups excluding carboxylic acids is 1. The molecule has 2 N–H and O–H groups in total. The van der Waals surface area contributed by atoms with Gasteiger partial charge in [0.2, 0.25) is 0 Å². The van der Waals surface area contributed by atoms with Gasteiger partial charge in [-0.2, -0.15) is 0 Å². The normalized spacial score (nSPS) is 10.4. The van der Waals surface area contributed by atoms with E-state index in [1.54, 1.807) is 30.3 Å². The van der Waals surface area contributed by atoms with Gasteiger partial charge in [-0.1, -0.05) is 29.3 Å². The van der Waals surface area contributed by atoms with Crippen LogP contribution in [0.5, 0.6) is 0 Å². The summed E-state index contributed by atoms with van der Waals surface area (Å²) in [6, 6.07) is 10.7. The summed E-state index contributed by atoms with van der Waals surface area (Å²) in [5.74, 6) is -0.406. The summed E-state index contributed by atoms with van der Waals surface area (Å²) in [5, 5.41) is 6.20. The molecule has 0 unspecified atom stereocenters. The molecule has 0 aliphatic rings. The molecule has 5 nitrogen and oxygen atoms in total. The average Bonchev–Trinajstić information content (AvgIpc) is 2.61. The molecule has 1 amide bonds. The third-order valence-corrected chi connectivity index (χ3v) is 3.83. The second-order valence-corrected chi connectivity index (χ2v) is 5.78. The van der Waals surface area contributed by atoms with Crippen LogP contribution in [-0.4, -0.2) is 15.9 Å². The number of hydrogen-bond donors (Lipinski definition) is 2. The molecule has 3 aromatic rings. The van der Waals surface area contributed by atoms with Crippen molar-refractivity contribution in [1.82, 2.24) is 9.97 Å². The van der Waals surface area contributed by atoms with Gasteiger partial charge in [0.1, 0.15) is 17.3 Å². The largest absolute Gasteiger partial charge is 0.339 e. The van der Waals surface area contributed by atoms with Gasteiger partial charge in [0.25, 0.3) is 5.91 Å². The van der Waals surface area contributed by atoms with Crippen LogP contribution >= 0.6 is 23.2 Å². The summed E-state index contributed by atoms with van der Waals surface area (Å²) < 4.78 is 12.9.